The number of benzene rings is 1. The van der Waals surface area contributed by atoms with E-state index in [2.05, 4.69) is 15.3 Å². The number of pyridine rings is 2. The molecule has 0 fully saturated rings. The molecule has 27 heavy (non-hydrogen) atoms. The van der Waals surface area contributed by atoms with Crippen molar-refractivity contribution >= 4 is 21.6 Å². The van der Waals surface area contributed by atoms with Gasteiger partial charge in [-0.05, 0) is 36.4 Å². The van der Waals surface area contributed by atoms with Gasteiger partial charge in [-0.25, -0.2) is 8.42 Å². The fourth-order valence-electron chi connectivity index (χ4n) is 2.39. The summed E-state index contributed by atoms with van der Waals surface area (Å²) < 4.78 is 26.6. The van der Waals surface area contributed by atoms with Gasteiger partial charge in [0.05, 0.1) is 22.8 Å². The number of anilines is 1. The van der Waals surface area contributed by atoms with Crippen LogP contribution in [-0.4, -0.2) is 31.3 Å². The van der Waals surface area contributed by atoms with Gasteiger partial charge in [0, 0.05) is 19.4 Å². The zero-order chi connectivity index (χ0) is 19.3. The molecule has 2 heterocycles. The van der Waals surface area contributed by atoms with Crippen molar-refractivity contribution in [2.24, 2.45) is 0 Å². The standard InChI is InChI=1S/C19H18N4O3S/c1-23(27(25,26)17-8-3-2-4-9-17)16-10-12-21-18(13-16)19(24)22-14-15-7-5-6-11-20-15/h2-13H,14H2,1H3,(H,22,24). The van der Waals surface area contributed by atoms with Crippen molar-refractivity contribution in [1.82, 2.24) is 15.3 Å². The van der Waals surface area contributed by atoms with Gasteiger partial charge < -0.3 is 5.32 Å². The van der Waals surface area contributed by atoms with E-state index in [1.54, 1.807) is 36.5 Å². The van der Waals surface area contributed by atoms with Crippen LogP contribution in [0.4, 0.5) is 5.69 Å². The lowest BCUT2D eigenvalue weighted by Gasteiger charge is -2.19. The number of carbonyl (C=O) groups is 1. The summed E-state index contributed by atoms with van der Waals surface area (Å²) in [5.74, 6) is -0.409. The van der Waals surface area contributed by atoms with E-state index >= 15 is 0 Å². The Morgan fingerprint density at radius 2 is 1.74 bits per heavy atom. The molecule has 0 saturated heterocycles. The van der Waals surface area contributed by atoms with E-state index in [0.717, 1.165) is 4.31 Å². The zero-order valence-corrected chi connectivity index (χ0v) is 15.4. The minimum atomic E-state index is -3.73. The van der Waals surface area contributed by atoms with Crippen LogP contribution in [0.15, 0.2) is 78.0 Å². The molecule has 0 radical (unpaired) electrons. The fourth-order valence-corrected chi connectivity index (χ4v) is 3.60. The number of hydrogen-bond donors (Lipinski definition) is 1. The predicted molar refractivity (Wildman–Crippen MR) is 102 cm³/mol. The fraction of sp³-hybridized carbons (Fsp3) is 0.105. The second-order valence-electron chi connectivity index (χ2n) is 5.69. The number of nitrogens with zero attached hydrogens (tertiary/aromatic N) is 3. The summed E-state index contributed by atoms with van der Waals surface area (Å²) in [6.07, 6.45) is 3.05. The molecule has 0 saturated carbocycles. The number of aromatic nitrogens is 2. The van der Waals surface area contributed by atoms with E-state index in [0.29, 0.717) is 11.4 Å². The average Bonchev–Trinajstić information content (AvgIpc) is 2.73. The molecule has 8 heteroatoms. The topological polar surface area (TPSA) is 92.3 Å². The van der Waals surface area contributed by atoms with Gasteiger partial charge in [-0.1, -0.05) is 24.3 Å². The summed E-state index contributed by atoms with van der Waals surface area (Å²) in [5, 5.41) is 2.72. The third kappa shape index (κ3) is 4.29. The molecule has 1 amide bonds. The highest BCUT2D eigenvalue weighted by molar-refractivity contribution is 7.92. The van der Waals surface area contributed by atoms with Gasteiger partial charge >= 0.3 is 0 Å². The highest BCUT2D eigenvalue weighted by Crippen LogP contribution is 2.22. The van der Waals surface area contributed by atoms with Crippen molar-refractivity contribution in [3.63, 3.8) is 0 Å². The van der Waals surface area contributed by atoms with E-state index in [1.165, 1.54) is 37.5 Å². The Morgan fingerprint density at radius 3 is 2.44 bits per heavy atom. The van der Waals surface area contributed by atoms with Crippen LogP contribution in [-0.2, 0) is 16.6 Å². The number of rotatable bonds is 6. The minimum absolute atomic E-state index is 0.124. The maximum absolute atomic E-state index is 12.7. The quantitative estimate of drug-likeness (QED) is 0.706. The Hall–Kier alpha value is -3.26. The van der Waals surface area contributed by atoms with E-state index in [9.17, 15) is 13.2 Å². The lowest BCUT2D eigenvalue weighted by atomic mass is 10.3. The van der Waals surface area contributed by atoms with E-state index in [-0.39, 0.29) is 17.1 Å². The van der Waals surface area contributed by atoms with Crippen LogP contribution in [0.5, 0.6) is 0 Å². The van der Waals surface area contributed by atoms with E-state index in [1.807, 2.05) is 6.07 Å². The van der Waals surface area contributed by atoms with Crippen LogP contribution in [0.25, 0.3) is 0 Å². The third-order valence-corrected chi connectivity index (χ3v) is 5.70. The molecule has 0 aliphatic carbocycles. The smallest absolute Gasteiger partial charge is 0.270 e. The van der Waals surface area contributed by atoms with Gasteiger partial charge in [-0.15, -0.1) is 0 Å². The van der Waals surface area contributed by atoms with Crippen LogP contribution < -0.4 is 9.62 Å². The largest absolute Gasteiger partial charge is 0.345 e. The summed E-state index contributed by atoms with van der Waals surface area (Å²) in [6.45, 7) is 0.254. The average molecular weight is 382 g/mol. The molecule has 7 nitrogen and oxygen atoms in total. The first kappa shape index (κ1) is 18.5. The second-order valence-corrected chi connectivity index (χ2v) is 7.66. The van der Waals surface area contributed by atoms with Crippen molar-refractivity contribution in [3.05, 3.63) is 84.4 Å². The first-order chi connectivity index (χ1) is 13.0. The van der Waals surface area contributed by atoms with Crippen LogP contribution in [0, 0.1) is 0 Å². The molecular formula is C19H18N4O3S. The molecule has 3 rings (SSSR count). The third-order valence-electron chi connectivity index (χ3n) is 3.90. The normalized spacial score (nSPS) is 11.0. The predicted octanol–water partition coefficient (Wildman–Crippen LogP) is 2.23. The Bertz CT molecular complexity index is 1030. The first-order valence-corrected chi connectivity index (χ1v) is 9.60. The molecule has 1 aromatic carbocycles. The van der Waals surface area contributed by atoms with Gasteiger partial charge in [0.25, 0.3) is 15.9 Å². The van der Waals surface area contributed by atoms with Gasteiger partial charge in [0.15, 0.2) is 0 Å². The van der Waals surface area contributed by atoms with E-state index in [4.69, 9.17) is 0 Å². The maximum Gasteiger partial charge on any atom is 0.270 e. The van der Waals surface area contributed by atoms with Gasteiger partial charge in [0.2, 0.25) is 0 Å². The molecule has 3 aromatic rings. The van der Waals surface area contributed by atoms with Crippen LogP contribution in [0.3, 0.4) is 0 Å². The molecule has 0 atom stereocenters. The zero-order valence-electron chi connectivity index (χ0n) is 14.6. The summed E-state index contributed by atoms with van der Waals surface area (Å²) >= 11 is 0. The number of nitrogens with one attached hydrogen (secondary N) is 1. The Labute approximate surface area is 157 Å². The molecule has 0 aliphatic heterocycles. The van der Waals surface area contributed by atoms with Crippen LogP contribution >= 0.6 is 0 Å². The molecule has 1 N–H and O–H groups in total. The monoisotopic (exact) mass is 382 g/mol. The minimum Gasteiger partial charge on any atom is -0.345 e. The Morgan fingerprint density at radius 1 is 1.00 bits per heavy atom. The summed E-state index contributed by atoms with van der Waals surface area (Å²) in [4.78, 5) is 20.7. The SMILES string of the molecule is CN(c1ccnc(C(=O)NCc2ccccn2)c1)S(=O)(=O)c1ccccc1. The van der Waals surface area contributed by atoms with Crippen LogP contribution in [0.1, 0.15) is 16.2 Å². The Kier molecular flexibility index (Phi) is 5.46. The maximum atomic E-state index is 12.7. The number of amides is 1. The Balaban J connectivity index is 1.77. The van der Waals surface area contributed by atoms with Crippen molar-refractivity contribution in [2.45, 2.75) is 11.4 Å². The van der Waals surface area contributed by atoms with Crippen molar-refractivity contribution in [3.8, 4) is 0 Å². The molecule has 2 aromatic heterocycles. The molecule has 0 spiro atoms. The summed E-state index contributed by atoms with van der Waals surface area (Å²) in [7, 11) is -2.29. The summed E-state index contributed by atoms with van der Waals surface area (Å²) in [6, 6.07) is 16.5. The van der Waals surface area contributed by atoms with Gasteiger partial charge in [-0.2, -0.15) is 0 Å². The highest BCUT2D eigenvalue weighted by Gasteiger charge is 2.22. The van der Waals surface area contributed by atoms with Gasteiger partial charge in [0.1, 0.15) is 5.69 Å². The number of carbonyl (C=O) groups excluding carboxylic acids is 1. The van der Waals surface area contributed by atoms with Crippen molar-refractivity contribution < 1.29 is 13.2 Å². The second kappa shape index (κ2) is 7.96. The molecule has 138 valence electrons. The molecule has 0 aliphatic rings. The molecular weight excluding hydrogens is 364 g/mol. The van der Waals surface area contributed by atoms with E-state index < -0.39 is 15.9 Å². The van der Waals surface area contributed by atoms with Crippen molar-refractivity contribution in [2.75, 3.05) is 11.4 Å². The summed E-state index contributed by atoms with van der Waals surface area (Å²) in [5.41, 5.74) is 1.18. The van der Waals surface area contributed by atoms with Crippen LogP contribution in [0.2, 0.25) is 0 Å². The van der Waals surface area contributed by atoms with Gasteiger partial charge in [-0.3, -0.25) is 19.1 Å². The highest BCUT2D eigenvalue weighted by atomic mass is 32.2. The lowest BCUT2D eigenvalue weighted by molar-refractivity contribution is 0.0945. The first-order valence-electron chi connectivity index (χ1n) is 8.16. The number of hydrogen-bond acceptors (Lipinski definition) is 5. The van der Waals surface area contributed by atoms with Crippen molar-refractivity contribution in [1.29, 1.82) is 0 Å². The number of sulfonamides is 1. The lowest BCUT2D eigenvalue weighted by Crippen LogP contribution is -2.28. The molecule has 0 unspecified atom stereocenters. The molecule has 0 bridgehead atoms.